The average Bonchev–Trinajstić information content (AvgIpc) is 2.13. The summed E-state index contributed by atoms with van der Waals surface area (Å²) < 4.78 is 18.4. The molecule has 0 heterocycles. The number of ether oxygens (including phenoxy) is 1. The molecule has 1 nitrogen and oxygen atoms in total. The van der Waals surface area contributed by atoms with Gasteiger partial charge in [0, 0.05) is 0 Å². The van der Waals surface area contributed by atoms with Gasteiger partial charge in [-0.1, -0.05) is 18.1 Å². The van der Waals surface area contributed by atoms with Crippen LogP contribution in [0.1, 0.15) is 12.5 Å². The van der Waals surface area contributed by atoms with Crippen LogP contribution >= 0.6 is 0 Å². The van der Waals surface area contributed by atoms with Crippen molar-refractivity contribution < 1.29 is 9.13 Å². The minimum atomic E-state index is -0.305. The van der Waals surface area contributed by atoms with Crippen LogP contribution in [0.25, 0.3) is 0 Å². The second-order valence-electron chi connectivity index (χ2n) is 2.60. The molecule has 0 aliphatic carbocycles. The first-order chi connectivity index (χ1) is 6.25. The SMILES string of the molecule is CC#CCOc1cccc(C)c1F. The van der Waals surface area contributed by atoms with Gasteiger partial charge in [0.2, 0.25) is 0 Å². The van der Waals surface area contributed by atoms with Crippen molar-refractivity contribution in [3.8, 4) is 17.6 Å². The van der Waals surface area contributed by atoms with E-state index < -0.39 is 0 Å². The van der Waals surface area contributed by atoms with E-state index in [4.69, 9.17) is 4.74 Å². The molecular weight excluding hydrogens is 167 g/mol. The van der Waals surface area contributed by atoms with Crippen LogP contribution in [0.3, 0.4) is 0 Å². The maximum absolute atomic E-state index is 13.3. The second kappa shape index (κ2) is 4.51. The Morgan fingerprint density at radius 3 is 2.92 bits per heavy atom. The van der Waals surface area contributed by atoms with E-state index in [1.807, 2.05) is 0 Å². The number of benzene rings is 1. The maximum atomic E-state index is 13.3. The normalized spacial score (nSPS) is 8.85. The van der Waals surface area contributed by atoms with Crippen molar-refractivity contribution in [2.24, 2.45) is 0 Å². The lowest BCUT2D eigenvalue weighted by Gasteiger charge is -2.04. The zero-order valence-electron chi connectivity index (χ0n) is 7.73. The molecule has 0 radical (unpaired) electrons. The van der Waals surface area contributed by atoms with Crippen LogP contribution < -0.4 is 4.74 Å². The van der Waals surface area contributed by atoms with E-state index in [1.165, 1.54) is 0 Å². The third-order valence-electron chi connectivity index (χ3n) is 1.63. The van der Waals surface area contributed by atoms with Gasteiger partial charge in [0.1, 0.15) is 6.61 Å². The standard InChI is InChI=1S/C11H11FO/c1-3-4-8-13-10-7-5-6-9(2)11(10)12/h5-7H,8H2,1-2H3. The van der Waals surface area contributed by atoms with Crippen LogP contribution in [-0.4, -0.2) is 6.61 Å². The van der Waals surface area contributed by atoms with Gasteiger partial charge < -0.3 is 4.74 Å². The fourth-order valence-corrected chi connectivity index (χ4v) is 0.918. The van der Waals surface area contributed by atoms with Gasteiger partial charge in [0.05, 0.1) is 0 Å². The zero-order chi connectivity index (χ0) is 9.68. The molecule has 1 aromatic carbocycles. The first kappa shape index (κ1) is 9.60. The Morgan fingerprint density at radius 2 is 2.23 bits per heavy atom. The topological polar surface area (TPSA) is 9.23 Å². The van der Waals surface area contributed by atoms with Crippen molar-refractivity contribution in [3.63, 3.8) is 0 Å². The van der Waals surface area contributed by atoms with E-state index in [-0.39, 0.29) is 18.2 Å². The molecule has 0 aliphatic rings. The fraction of sp³-hybridized carbons (Fsp3) is 0.273. The molecule has 0 bridgehead atoms. The van der Waals surface area contributed by atoms with Crippen molar-refractivity contribution in [2.45, 2.75) is 13.8 Å². The molecule has 1 rings (SSSR count). The van der Waals surface area contributed by atoms with E-state index in [2.05, 4.69) is 11.8 Å². The summed E-state index contributed by atoms with van der Waals surface area (Å²) in [6.45, 7) is 3.65. The number of hydrogen-bond acceptors (Lipinski definition) is 1. The molecule has 68 valence electrons. The van der Waals surface area contributed by atoms with Crippen molar-refractivity contribution in [2.75, 3.05) is 6.61 Å². The molecule has 0 unspecified atom stereocenters. The first-order valence-corrected chi connectivity index (χ1v) is 4.03. The minimum Gasteiger partial charge on any atom is -0.478 e. The summed E-state index contributed by atoms with van der Waals surface area (Å²) in [7, 11) is 0. The summed E-state index contributed by atoms with van der Waals surface area (Å²) in [5, 5.41) is 0. The van der Waals surface area contributed by atoms with Gasteiger partial charge in [-0.3, -0.25) is 0 Å². The lowest BCUT2D eigenvalue weighted by Crippen LogP contribution is -1.97. The maximum Gasteiger partial charge on any atom is 0.168 e. The van der Waals surface area contributed by atoms with Gasteiger partial charge in [-0.15, -0.1) is 5.92 Å². The lowest BCUT2D eigenvalue weighted by molar-refractivity contribution is 0.347. The molecule has 1 aromatic rings. The predicted molar refractivity (Wildman–Crippen MR) is 50.1 cm³/mol. The quantitative estimate of drug-likeness (QED) is 0.632. The Balaban J connectivity index is 2.75. The summed E-state index contributed by atoms with van der Waals surface area (Å²) in [6, 6.07) is 5.06. The summed E-state index contributed by atoms with van der Waals surface area (Å²) >= 11 is 0. The molecule has 0 atom stereocenters. The van der Waals surface area contributed by atoms with E-state index in [0.29, 0.717) is 5.56 Å². The van der Waals surface area contributed by atoms with Crippen LogP contribution in [0.4, 0.5) is 4.39 Å². The highest BCUT2D eigenvalue weighted by molar-refractivity contribution is 5.30. The highest BCUT2D eigenvalue weighted by Gasteiger charge is 2.03. The highest BCUT2D eigenvalue weighted by Crippen LogP contribution is 2.19. The molecule has 0 aliphatic heterocycles. The fourth-order valence-electron chi connectivity index (χ4n) is 0.918. The second-order valence-corrected chi connectivity index (χ2v) is 2.60. The number of rotatable bonds is 2. The van der Waals surface area contributed by atoms with Gasteiger partial charge in [-0.05, 0) is 25.5 Å². The number of aryl methyl sites for hydroxylation is 1. The van der Waals surface area contributed by atoms with Crippen LogP contribution in [-0.2, 0) is 0 Å². The smallest absolute Gasteiger partial charge is 0.168 e. The van der Waals surface area contributed by atoms with E-state index in [1.54, 1.807) is 32.0 Å². The number of hydrogen-bond donors (Lipinski definition) is 0. The minimum absolute atomic E-state index is 0.233. The van der Waals surface area contributed by atoms with E-state index in [9.17, 15) is 4.39 Å². The molecule has 0 aromatic heterocycles. The molecule has 0 saturated carbocycles. The molecule has 13 heavy (non-hydrogen) atoms. The summed E-state index contributed by atoms with van der Waals surface area (Å²) in [5.41, 5.74) is 0.585. The molecule has 0 spiro atoms. The van der Waals surface area contributed by atoms with Crippen molar-refractivity contribution in [3.05, 3.63) is 29.6 Å². The van der Waals surface area contributed by atoms with E-state index >= 15 is 0 Å². The van der Waals surface area contributed by atoms with Crippen molar-refractivity contribution in [1.82, 2.24) is 0 Å². The average molecular weight is 178 g/mol. The molecule has 2 heteroatoms. The van der Waals surface area contributed by atoms with Crippen LogP contribution in [0.5, 0.6) is 5.75 Å². The van der Waals surface area contributed by atoms with Gasteiger partial charge in [-0.25, -0.2) is 4.39 Å². The predicted octanol–water partition coefficient (Wildman–Crippen LogP) is 2.54. The van der Waals surface area contributed by atoms with Gasteiger partial charge >= 0.3 is 0 Å². The van der Waals surface area contributed by atoms with Crippen molar-refractivity contribution >= 4 is 0 Å². The Morgan fingerprint density at radius 1 is 1.46 bits per heavy atom. The monoisotopic (exact) mass is 178 g/mol. The lowest BCUT2D eigenvalue weighted by atomic mass is 10.2. The van der Waals surface area contributed by atoms with Gasteiger partial charge in [0.15, 0.2) is 11.6 Å². The molecular formula is C11H11FO. The Hall–Kier alpha value is -1.49. The summed E-state index contributed by atoms with van der Waals surface area (Å²) in [6.07, 6.45) is 0. The summed E-state index contributed by atoms with van der Waals surface area (Å²) in [5.74, 6) is 5.34. The van der Waals surface area contributed by atoms with Crippen LogP contribution in [0, 0.1) is 24.6 Å². The van der Waals surface area contributed by atoms with Gasteiger partial charge in [0.25, 0.3) is 0 Å². The zero-order valence-corrected chi connectivity index (χ0v) is 7.73. The summed E-state index contributed by atoms with van der Waals surface area (Å²) in [4.78, 5) is 0. The Labute approximate surface area is 77.5 Å². The Bertz CT molecular complexity index is 347. The molecule has 0 N–H and O–H groups in total. The number of halogens is 1. The van der Waals surface area contributed by atoms with Crippen LogP contribution in [0.2, 0.25) is 0 Å². The largest absolute Gasteiger partial charge is 0.478 e. The third-order valence-corrected chi connectivity index (χ3v) is 1.63. The van der Waals surface area contributed by atoms with E-state index in [0.717, 1.165) is 0 Å². The molecule has 0 saturated heterocycles. The highest BCUT2D eigenvalue weighted by atomic mass is 19.1. The molecule has 0 amide bonds. The van der Waals surface area contributed by atoms with Gasteiger partial charge in [-0.2, -0.15) is 0 Å². The van der Waals surface area contributed by atoms with Crippen molar-refractivity contribution in [1.29, 1.82) is 0 Å². The molecule has 0 fully saturated rings. The first-order valence-electron chi connectivity index (χ1n) is 4.03. The third kappa shape index (κ3) is 2.48. The Kier molecular flexibility index (Phi) is 3.33. The van der Waals surface area contributed by atoms with Crippen LogP contribution in [0.15, 0.2) is 18.2 Å².